The van der Waals surface area contributed by atoms with Gasteiger partial charge in [0.05, 0.1) is 11.7 Å². The Hall–Kier alpha value is -0.870. The largest absolute Gasteiger partial charge is 0.330 e. The normalized spacial score (nSPS) is 13.6. The molecule has 0 saturated carbocycles. The molecule has 1 atom stereocenters. The van der Waals surface area contributed by atoms with E-state index in [-0.39, 0.29) is 0 Å². The first-order valence-electron chi connectivity index (χ1n) is 4.93. The maximum Gasteiger partial charge on any atom is 0.0799 e. The summed E-state index contributed by atoms with van der Waals surface area (Å²) in [6, 6.07) is 2.46. The Morgan fingerprint density at radius 2 is 2.21 bits per heavy atom. The van der Waals surface area contributed by atoms with E-state index in [1.807, 2.05) is 11.7 Å². The molecule has 1 aromatic rings. The van der Waals surface area contributed by atoms with Gasteiger partial charge in [-0.1, -0.05) is 0 Å². The number of hydrogen-bond acceptors (Lipinski definition) is 3. The van der Waals surface area contributed by atoms with Crippen LogP contribution >= 0.6 is 0 Å². The fourth-order valence-electron chi connectivity index (χ4n) is 1.58. The summed E-state index contributed by atoms with van der Waals surface area (Å²) < 4.78 is 1.91. The van der Waals surface area contributed by atoms with Crippen molar-refractivity contribution >= 4 is 0 Å². The van der Waals surface area contributed by atoms with Crippen LogP contribution in [0.25, 0.3) is 0 Å². The molecule has 1 heterocycles. The molecule has 1 rings (SSSR count). The quantitative estimate of drug-likeness (QED) is 0.770. The second kappa shape index (κ2) is 4.57. The second-order valence-electron chi connectivity index (χ2n) is 3.89. The van der Waals surface area contributed by atoms with E-state index in [0.717, 1.165) is 12.1 Å². The number of aryl methyl sites for hydroxylation is 2. The highest BCUT2D eigenvalue weighted by molar-refractivity contribution is 5.12. The van der Waals surface area contributed by atoms with Crippen LogP contribution in [0.3, 0.4) is 0 Å². The van der Waals surface area contributed by atoms with E-state index in [2.05, 4.69) is 37.1 Å². The number of aromatic nitrogens is 2. The molecule has 14 heavy (non-hydrogen) atoms. The second-order valence-corrected chi connectivity index (χ2v) is 3.89. The standard InChI is InChI=1S/C10H20N4/c1-8-7-9(12-14(8)4)10(5-6-11)13(2)3/h7,10H,5-6,11H2,1-4H3. The third-order valence-electron chi connectivity index (χ3n) is 2.54. The number of rotatable bonds is 4. The Labute approximate surface area is 85.7 Å². The minimum Gasteiger partial charge on any atom is -0.330 e. The van der Waals surface area contributed by atoms with E-state index >= 15 is 0 Å². The van der Waals surface area contributed by atoms with E-state index in [1.165, 1.54) is 5.69 Å². The van der Waals surface area contributed by atoms with Gasteiger partial charge in [0.1, 0.15) is 0 Å². The van der Waals surface area contributed by atoms with Crippen molar-refractivity contribution in [1.29, 1.82) is 0 Å². The van der Waals surface area contributed by atoms with Crippen molar-refractivity contribution in [2.24, 2.45) is 12.8 Å². The van der Waals surface area contributed by atoms with Crippen LogP contribution in [0.5, 0.6) is 0 Å². The average Bonchev–Trinajstić information content (AvgIpc) is 2.42. The van der Waals surface area contributed by atoms with Crippen LogP contribution in [-0.4, -0.2) is 35.3 Å². The zero-order chi connectivity index (χ0) is 10.7. The molecule has 0 aromatic carbocycles. The Kier molecular flexibility index (Phi) is 3.66. The first kappa shape index (κ1) is 11.2. The molecule has 0 aliphatic rings. The highest BCUT2D eigenvalue weighted by atomic mass is 15.3. The molecule has 0 amide bonds. The lowest BCUT2D eigenvalue weighted by Gasteiger charge is -2.21. The molecule has 0 aliphatic heterocycles. The zero-order valence-electron chi connectivity index (χ0n) is 9.49. The molecule has 0 aliphatic carbocycles. The van der Waals surface area contributed by atoms with Gasteiger partial charge in [-0.3, -0.25) is 4.68 Å². The van der Waals surface area contributed by atoms with Crippen molar-refractivity contribution in [3.8, 4) is 0 Å². The van der Waals surface area contributed by atoms with Crippen LogP contribution in [0, 0.1) is 6.92 Å². The maximum absolute atomic E-state index is 5.59. The van der Waals surface area contributed by atoms with Gasteiger partial charge in [0.25, 0.3) is 0 Å². The third kappa shape index (κ3) is 2.33. The summed E-state index contributed by atoms with van der Waals surface area (Å²) in [6.45, 7) is 2.75. The predicted molar refractivity (Wildman–Crippen MR) is 58.0 cm³/mol. The molecule has 0 bridgehead atoms. The summed E-state index contributed by atoms with van der Waals surface area (Å²) >= 11 is 0. The van der Waals surface area contributed by atoms with Crippen molar-refractivity contribution in [2.45, 2.75) is 19.4 Å². The lowest BCUT2D eigenvalue weighted by molar-refractivity contribution is 0.280. The molecular formula is C10H20N4. The van der Waals surface area contributed by atoms with Crippen molar-refractivity contribution in [2.75, 3.05) is 20.6 Å². The summed E-state index contributed by atoms with van der Waals surface area (Å²) in [4.78, 5) is 2.16. The minimum atomic E-state index is 0.333. The van der Waals surface area contributed by atoms with Crippen molar-refractivity contribution in [1.82, 2.24) is 14.7 Å². The van der Waals surface area contributed by atoms with Gasteiger partial charge >= 0.3 is 0 Å². The van der Waals surface area contributed by atoms with Crippen LogP contribution in [0.1, 0.15) is 23.9 Å². The van der Waals surface area contributed by atoms with Gasteiger partial charge in [0, 0.05) is 12.7 Å². The number of nitrogens with zero attached hydrogens (tertiary/aromatic N) is 3. The van der Waals surface area contributed by atoms with Crippen molar-refractivity contribution in [3.05, 3.63) is 17.5 Å². The van der Waals surface area contributed by atoms with Gasteiger partial charge in [-0.2, -0.15) is 5.10 Å². The summed E-state index contributed by atoms with van der Waals surface area (Å²) in [5, 5.41) is 4.47. The molecule has 0 fully saturated rings. The van der Waals surface area contributed by atoms with E-state index in [0.29, 0.717) is 12.6 Å². The highest BCUT2D eigenvalue weighted by Gasteiger charge is 2.16. The van der Waals surface area contributed by atoms with Crippen molar-refractivity contribution in [3.63, 3.8) is 0 Å². The molecule has 80 valence electrons. The zero-order valence-corrected chi connectivity index (χ0v) is 9.49. The number of hydrogen-bond donors (Lipinski definition) is 1. The van der Waals surface area contributed by atoms with Crippen LogP contribution < -0.4 is 5.73 Å². The van der Waals surface area contributed by atoms with Gasteiger partial charge in [-0.05, 0) is 40.1 Å². The van der Waals surface area contributed by atoms with Gasteiger partial charge in [0.2, 0.25) is 0 Å². The smallest absolute Gasteiger partial charge is 0.0799 e. The van der Waals surface area contributed by atoms with Gasteiger partial charge in [-0.15, -0.1) is 0 Å². The Bertz CT molecular complexity index is 271. The molecule has 1 unspecified atom stereocenters. The summed E-state index contributed by atoms with van der Waals surface area (Å²) in [6.07, 6.45) is 0.948. The molecule has 4 nitrogen and oxygen atoms in total. The molecule has 2 N–H and O–H groups in total. The topological polar surface area (TPSA) is 47.1 Å². The van der Waals surface area contributed by atoms with Gasteiger partial charge < -0.3 is 10.6 Å². The lowest BCUT2D eigenvalue weighted by atomic mass is 10.1. The molecule has 4 heteroatoms. The van der Waals surface area contributed by atoms with Gasteiger partial charge in [0.15, 0.2) is 0 Å². The Morgan fingerprint density at radius 3 is 2.57 bits per heavy atom. The molecular weight excluding hydrogens is 176 g/mol. The average molecular weight is 196 g/mol. The third-order valence-corrected chi connectivity index (χ3v) is 2.54. The first-order valence-corrected chi connectivity index (χ1v) is 4.93. The Balaban J connectivity index is 2.87. The summed E-state index contributed by atoms with van der Waals surface area (Å²) in [5.41, 5.74) is 7.88. The first-order chi connectivity index (χ1) is 6.56. The van der Waals surface area contributed by atoms with Gasteiger partial charge in [-0.25, -0.2) is 0 Å². The van der Waals surface area contributed by atoms with Crippen LogP contribution in [-0.2, 0) is 7.05 Å². The lowest BCUT2D eigenvalue weighted by Crippen LogP contribution is -2.23. The van der Waals surface area contributed by atoms with E-state index < -0.39 is 0 Å². The van der Waals surface area contributed by atoms with E-state index in [1.54, 1.807) is 0 Å². The van der Waals surface area contributed by atoms with Crippen LogP contribution in [0.2, 0.25) is 0 Å². The molecule has 0 radical (unpaired) electrons. The molecule has 0 spiro atoms. The Morgan fingerprint density at radius 1 is 1.57 bits per heavy atom. The molecule has 0 saturated heterocycles. The fraction of sp³-hybridized carbons (Fsp3) is 0.700. The summed E-state index contributed by atoms with van der Waals surface area (Å²) in [5.74, 6) is 0. The maximum atomic E-state index is 5.59. The monoisotopic (exact) mass is 196 g/mol. The predicted octanol–water partition coefficient (Wildman–Crippen LogP) is 0.680. The van der Waals surface area contributed by atoms with Crippen molar-refractivity contribution < 1.29 is 0 Å². The van der Waals surface area contributed by atoms with Crippen LogP contribution in [0.15, 0.2) is 6.07 Å². The van der Waals surface area contributed by atoms with E-state index in [4.69, 9.17) is 5.73 Å². The number of nitrogens with two attached hydrogens (primary N) is 1. The summed E-state index contributed by atoms with van der Waals surface area (Å²) in [7, 11) is 6.09. The van der Waals surface area contributed by atoms with E-state index in [9.17, 15) is 0 Å². The highest BCUT2D eigenvalue weighted by Crippen LogP contribution is 2.20. The van der Waals surface area contributed by atoms with Crippen LogP contribution in [0.4, 0.5) is 0 Å². The fourth-order valence-corrected chi connectivity index (χ4v) is 1.58. The molecule has 1 aromatic heterocycles. The minimum absolute atomic E-state index is 0.333. The SMILES string of the molecule is Cc1cc(C(CCN)N(C)C)nn1C.